The molecule has 0 unspecified atom stereocenters. The first-order valence-corrected chi connectivity index (χ1v) is 5.10. The van der Waals surface area contributed by atoms with E-state index in [1.807, 2.05) is 4.68 Å². The fourth-order valence-corrected chi connectivity index (χ4v) is 1.36. The van der Waals surface area contributed by atoms with Gasteiger partial charge in [0.05, 0.1) is 24.8 Å². The molecule has 0 saturated carbocycles. The van der Waals surface area contributed by atoms with E-state index in [-0.39, 0.29) is 0 Å². The van der Waals surface area contributed by atoms with Gasteiger partial charge < -0.3 is 4.74 Å². The van der Waals surface area contributed by atoms with E-state index in [4.69, 9.17) is 10.00 Å². The number of hydrogen-bond acceptors (Lipinski definition) is 4. The molecule has 82 valence electrons. The molecular weight excluding hydrogens is 192 g/mol. The van der Waals surface area contributed by atoms with Gasteiger partial charge in [0, 0.05) is 13.7 Å². The summed E-state index contributed by atoms with van der Waals surface area (Å²) in [6.45, 7) is 3.43. The van der Waals surface area contributed by atoms with E-state index in [9.17, 15) is 0 Å². The average Bonchev–Trinajstić information content (AvgIpc) is 2.60. The fraction of sp³-hybridized carbons (Fsp3) is 0.700. The van der Waals surface area contributed by atoms with Gasteiger partial charge >= 0.3 is 0 Å². The van der Waals surface area contributed by atoms with Crippen LogP contribution in [0.5, 0.6) is 0 Å². The molecule has 1 aromatic rings. The van der Waals surface area contributed by atoms with Crippen molar-refractivity contribution in [3.05, 3.63) is 11.4 Å². The molecule has 0 bridgehead atoms. The van der Waals surface area contributed by atoms with Crippen LogP contribution in [0, 0.1) is 11.3 Å². The van der Waals surface area contributed by atoms with Crippen LogP contribution in [-0.2, 0) is 24.3 Å². The number of unbranched alkanes of at least 4 members (excludes halogenated alkanes) is 1. The summed E-state index contributed by atoms with van der Waals surface area (Å²) in [5, 5.41) is 16.6. The maximum atomic E-state index is 8.63. The molecule has 0 aliphatic carbocycles. The fourth-order valence-electron chi connectivity index (χ4n) is 1.36. The topological polar surface area (TPSA) is 63.7 Å². The van der Waals surface area contributed by atoms with E-state index < -0.39 is 0 Å². The van der Waals surface area contributed by atoms with Crippen molar-refractivity contribution in [2.45, 2.75) is 39.3 Å². The van der Waals surface area contributed by atoms with Crippen molar-refractivity contribution in [2.24, 2.45) is 0 Å². The maximum Gasteiger partial charge on any atom is 0.102 e. The number of nitrogens with zero attached hydrogens (tertiary/aromatic N) is 4. The van der Waals surface area contributed by atoms with E-state index in [1.54, 1.807) is 7.11 Å². The zero-order valence-corrected chi connectivity index (χ0v) is 9.23. The minimum atomic E-state index is 0.296. The Labute approximate surface area is 89.7 Å². The van der Waals surface area contributed by atoms with Crippen molar-refractivity contribution >= 4 is 0 Å². The molecule has 5 nitrogen and oxygen atoms in total. The Hall–Kier alpha value is -1.41. The van der Waals surface area contributed by atoms with Crippen molar-refractivity contribution < 1.29 is 4.74 Å². The Balaban J connectivity index is 2.81. The third-order valence-electron chi connectivity index (χ3n) is 2.17. The van der Waals surface area contributed by atoms with Crippen LogP contribution in [0.1, 0.15) is 31.2 Å². The molecule has 0 amide bonds. The van der Waals surface area contributed by atoms with Crippen LogP contribution >= 0.6 is 0 Å². The summed E-state index contributed by atoms with van der Waals surface area (Å²) in [5.74, 6) is 0. The van der Waals surface area contributed by atoms with Crippen LogP contribution in [0.3, 0.4) is 0 Å². The number of ether oxygens (including phenoxy) is 1. The number of rotatable bonds is 6. The Kier molecular flexibility index (Phi) is 4.78. The van der Waals surface area contributed by atoms with Gasteiger partial charge in [0.2, 0.25) is 0 Å². The predicted octanol–water partition coefficient (Wildman–Crippen LogP) is 1.29. The lowest BCUT2D eigenvalue weighted by Gasteiger charge is -2.05. The number of nitriles is 1. The van der Waals surface area contributed by atoms with Gasteiger partial charge in [-0.2, -0.15) is 5.26 Å². The number of aromatic nitrogens is 3. The second-order valence-electron chi connectivity index (χ2n) is 3.33. The predicted molar refractivity (Wildman–Crippen MR) is 55.0 cm³/mol. The van der Waals surface area contributed by atoms with E-state index in [2.05, 4.69) is 23.3 Å². The zero-order chi connectivity index (χ0) is 11.1. The first kappa shape index (κ1) is 11.7. The Morgan fingerprint density at radius 3 is 2.93 bits per heavy atom. The molecule has 0 saturated heterocycles. The lowest BCUT2D eigenvalue weighted by Crippen LogP contribution is -2.07. The maximum absolute atomic E-state index is 8.63. The highest BCUT2D eigenvalue weighted by molar-refractivity contribution is 5.13. The summed E-state index contributed by atoms with van der Waals surface area (Å²) < 4.78 is 6.92. The minimum Gasteiger partial charge on any atom is -0.378 e. The summed E-state index contributed by atoms with van der Waals surface area (Å²) in [6.07, 6.45) is 2.47. The monoisotopic (exact) mass is 208 g/mol. The highest BCUT2D eigenvalue weighted by Gasteiger charge is 2.11. The third-order valence-corrected chi connectivity index (χ3v) is 2.17. The van der Waals surface area contributed by atoms with Gasteiger partial charge in [0.25, 0.3) is 0 Å². The molecule has 0 fully saturated rings. The molecule has 0 aliphatic heterocycles. The summed E-state index contributed by atoms with van der Waals surface area (Å²) in [4.78, 5) is 0. The van der Waals surface area contributed by atoms with Crippen LogP contribution in [0.15, 0.2) is 0 Å². The van der Waals surface area contributed by atoms with Gasteiger partial charge in [-0.3, -0.25) is 0 Å². The van der Waals surface area contributed by atoms with E-state index >= 15 is 0 Å². The summed E-state index contributed by atoms with van der Waals surface area (Å²) in [5.41, 5.74) is 1.66. The normalized spacial score (nSPS) is 10.2. The van der Waals surface area contributed by atoms with Gasteiger partial charge in [-0.15, -0.1) is 5.10 Å². The highest BCUT2D eigenvalue weighted by atomic mass is 16.5. The molecule has 0 aliphatic rings. The van der Waals surface area contributed by atoms with Crippen LogP contribution in [0.4, 0.5) is 0 Å². The van der Waals surface area contributed by atoms with E-state index in [0.717, 1.165) is 30.8 Å². The smallest absolute Gasteiger partial charge is 0.102 e. The molecule has 0 N–H and O–H groups in total. The Morgan fingerprint density at radius 2 is 2.33 bits per heavy atom. The molecule has 0 atom stereocenters. The Morgan fingerprint density at radius 1 is 1.53 bits per heavy atom. The van der Waals surface area contributed by atoms with Crippen molar-refractivity contribution in [2.75, 3.05) is 7.11 Å². The Bertz CT molecular complexity index is 340. The lowest BCUT2D eigenvalue weighted by molar-refractivity contribution is 0.175. The van der Waals surface area contributed by atoms with Crippen molar-refractivity contribution in [1.29, 1.82) is 5.26 Å². The van der Waals surface area contributed by atoms with Gasteiger partial charge in [0.1, 0.15) is 5.69 Å². The third kappa shape index (κ3) is 3.03. The molecule has 0 radical (unpaired) electrons. The minimum absolute atomic E-state index is 0.296. The molecule has 0 spiro atoms. The van der Waals surface area contributed by atoms with Crippen LogP contribution in [-0.4, -0.2) is 22.1 Å². The first-order valence-electron chi connectivity index (χ1n) is 5.10. The van der Waals surface area contributed by atoms with Crippen LogP contribution in [0.2, 0.25) is 0 Å². The molecule has 1 heterocycles. The lowest BCUT2D eigenvalue weighted by atomic mass is 10.2. The second-order valence-corrected chi connectivity index (χ2v) is 3.33. The highest BCUT2D eigenvalue weighted by Crippen LogP contribution is 2.08. The average molecular weight is 208 g/mol. The van der Waals surface area contributed by atoms with E-state index in [0.29, 0.717) is 13.0 Å². The first-order chi connectivity index (χ1) is 7.33. The van der Waals surface area contributed by atoms with Crippen molar-refractivity contribution in [3.63, 3.8) is 0 Å². The molecule has 0 aromatic carbocycles. The molecule has 1 aromatic heterocycles. The van der Waals surface area contributed by atoms with Crippen LogP contribution in [0.25, 0.3) is 0 Å². The van der Waals surface area contributed by atoms with Gasteiger partial charge in [-0.25, -0.2) is 4.68 Å². The van der Waals surface area contributed by atoms with Crippen molar-refractivity contribution in [3.8, 4) is 6.07 Å². The molecule has 1 rings (SSSR count). The van der Waals surface area contributed by atoms with Crippen molar-refractivity contribution in [1.82, 2.24) is 15.0 Å². The summed E-state index contributed by atoms with van der Waals surface area (Å²) in [7, 11) is 1.63. The second kappa shape index (κ2) is 6.14. The largest absolute Gasteiger partial charge is 0.378 e. The molecule has 15 heavy (non-hydrogen) atoms. The summed E-state index contributed by atoms with van der Waals surface area (Å²) >= 11 is 0. The molecule has 5 heteroatoms. The summed E-state index contributed by atoms with van der Waals surface area (Å²) in [6, 6.07) is 2.08. The molecular formula is C10H16N4O. The van der Waals surface area contributed by atoms with Gasteiger partial charge in [0.15, 0.2) is 0 Å². The quantitative estimate of drug-likeness (QED) is 0.706. The van der Waals surface area contributed by atoms with Gasteiger partial charge in [-0.05, 0) is 6.42 Å². The number of hydrogen-bond donors (Lipinski definition) is 0. The van der Waals surface area contributed by atoms with Crippen LogP contribution < -0.4 is 0 Å². The zero-order valence-electron chi connectivity index (χ0n) is 9.23. The van der Waals surface area contributed by atoms with E-state index in [1.165, 1.54) is 0 Å². The SMILES string of the molecule is CCCCn1nnc(CC#N)c1COC. The number of methoxy groups -OCH3 is 1. The number of aryl methyl sites for hydroxylation is 1. The van der Waals surface area contributed by atoms with Gasteiger partial charge in [-0.1, -0.05) is 18.6 Å². The standard InChI is InChI=1S/C10H16N4O/c1-3-4-7-14-10(8-15-2)9(5-6-11)12-13-14/h3-5,7-8H2,1-2H3.